The molecule has 2 atom stereocenters. The fraction of sp³-hybridized carbons (Fsp3) is 0.444. The van der Waals surface area contributed by atoms with Crippen LogP contribution in [0.2, 0.25) is 0 Å². The molecule has 1 aromatic heterocycles. The normalized spacial score (nSPS) is 25.7. The maximum absolute atomic E-state index is 11.4. The van der Waals surface area contributed by atoms with Gasteiger partial charge in [-0.1, -0.05) is 6.92 Å². The highest BCUT2D eigenvalue weighted by molar-refractivity contribution is 9.10. The number of amides is 1. The second-order valence-electron chi connectivity index (χ2n) is 3.40. The van der Waals surface area contributed by atoms with E-state index in [2.05, 4.69) is 28.2 Å². The topological polar surface area (TPSA) is 42.2 Å². The molecule has 0 spiro atoms. The standard InChI is InChI=1S/C9H10BrNO2/c1-5-4-6(5)11-9(12)7-2-3-8(10)13-7/h2-3,5-6H,4H2,1H3,(H,11,12)/t5-,6-/m1/s1. The van der Waals surface area contributed by atoms with Crippen molar-refractivity contribution in [2.45, 2.75) is 19.4 Å². The minimum absolute atomic E-state index is 0.125. The fourth-order valence-electron chi connectivity index (χ4n) is 1.20. The highest BCUT2D eigenvalue weighted by atomic mass is 79.9. The SMILES string of the molecule is C[C@@H]1C[C@H]1NC(=O)c1ccc(Br)o1. The largest absolute Gasteiger partial charge is 0.444 e. The van der Waals surface area contributed by atoms with Crippen LogP contribution in [0.15, 0.2) is 21.2 Å². The number of furan rings is 1. The summed E-state index contributed by atoms with van der Waals surface area (Å²) in [5.41, 5.74) is 0. The molecule has 1 N–H and O–H groups in total. The first-order valence-corrected chi connectivity index (χ1v) is 5.02. The van der Waals surface area contributed by atoms with Crippen LogP contribution in [0.4, 0.5) is 0 Å². The molecule has 0 saturated heterocycles. The Kier molecular flexibility index (Phi) is 2.15. The van der Waals surface area contributed by atoms with E-state index in [1.165, 1.54) is 0 Å². The Bertz CT molecular complexity index is 334. The molecule has 1 aliphatic carbocycles. The molecular weight excluding hydrogens is 234 g/mol. The van der Waals surface area contributed by atoms with Crippen molar-refractivity contribution in [1.29, 1.82) is 0 Å². The highest BCUT2D eigenvalue weighted by Crippen LogP contribution is 2.29. The van der Waals surface area contributed by atoms with Crippen LogP contribution in [-0.4, -0.2) is 11.9 Å². The molecule has 13 heavy (non-hydrogen) atoms. The van der Waals surface area contributed by atoms with Crippen LogP contribution in [0, 0.1) is 5.92 Å². The third-order valence-corrected chi connectivity index (χ3v) is 2.65. The van der Waals surface area contributed by atoms with Crippen molar-refractivity contribution >= 4 is 21.8 Å². The van der Waals surface area contributed by atoms with Crippen molar-refractivity contribution in [1.82, 2.24) is 5.32 Å². The number of carbonyl (C=O) groups is 1. The minimum atomic E-state index is -0.125. The predicted molar refractivity (Wildman–Crippen MR) is 51.4 cm³/mol. The molecule has 3 nitrogen and oxygen atoms in total. The number of rotatable bonds is 2. The van der Waals surface area contributed by atoms with Gasteiger partial charge in [-0.25, -0.2) is 0 Å². The monoisotopic (exact) mass is 243 g/mol. The third-order valence-electron chi connectivity index (χ3n) is 2.22. The van der Waals surface area contributed by atoms with Gasteiger partial charge in [0.15, 0.2) is 10.4 Å². The van der Waals surface area contributed by atoms with E-state index < -0.39 is 0 Å². The lowest BCUT2D eigenvalue weighted by molar-refractivity contribution is 0.0920. The Morgan fingerprint density at radius 3 is 2.85 bits per heavy atom. The summed E-state index contributed by atoms with van der Waals surface area (Å²) in [5.74, 6) is 0.855. The van der Waals surface area contributed by atoms with Crippen LogP contribution in [-0.2, 0) is 0 Å². The molecule has 0 aromatic carbocycles. The van der Waals surface area contributed by atoms with Crippen molar-refractivity contribution in [2.75, 3.05) is 0 Å². The Hall–Kier alpha value is -0.770. The molecule has 2 rings (SSSR count). The Labute approximate surface area is 84.6 Å². The van der Waals surface area contributed by atoms with E-state index in [9.17, 15) is 4.79 Å². The quantitative estimate of drug-likeness (QED) is 0.866. The molecule has 0 unspecified atom stereocenters. The van der Waals surface area contributed by atoms with E-state index in [4.69, 9.17) is 4.42 Å². The molecule has 1 heterocycles. The summed E-state index contributed by atoms with van der Waals surface area (Å²) in [6.45, 7) is 2.11. The van der Waals surface area contributed by atoms with E-state index in [1.807, 2.05) is 0 Å². The summed E-state index contributed by atoms with van der Waals surface area (Å²) >= 11 is 3.15. The van der Waals surface area contributed by atoms with Crippen LogP contribution >= 0.6 is 15.9 Å². The molecule has 1 fully saturated rings. The zero-order chi connectivity index (χ0) is 9.42. The summed E-state index contributed by atoms with van der Waals surface area (Å²) in [6.07, 6.45) is 1.08. The average molecular weight is 244 g/mol. The van der Waals surface area contributed by atoms with E-state index in [0.717, 1.165) is 6.42 Å². The van der Waals surface area contributed by atoms with Crippen molar-refractivity contribution in [3.05, 3.63) is 22.6 Å². The summed E-state index contributed by atoms with van der Waals surface area (Å²) in [5, 5.41) is 2.88. The van der Waals surface area contributed by atoms with Gasteiger partial charge in [-0.2, -0.15) is 0 Å². The molecular formula is C9H10BrNO2. The molecule has 0 radical (unpaired) electrons. The lowest BCUT2D eigenvalue weighted by Crippen LogP contribution is -2.25. The van der Waals surface area contributed by atoms with Gasteiger partial charge >= 0.3 is 0 Å². The van der Waals surface area contributed by atoms with E-state index in [0.29, 0.717) is 22.4 Å². The molecule has 0 aliphatic heterocycles. The van der Waals surface area contributed by atoms with Gasteiger partial charge in [-0.05, 0) is 40.4 Å². The molecule has 1 aliphatic rings. The fourth-order valence-corrected chi connectivity index (χ4v) is 1.51. The van der Waals surface area contributed by atoms with E-state index in [1.54, 1.807) is 12.1 Å². The van der Waals surface area contributed by atoms with Crippen molar-refractivity contribution in [3.63, 3.8) is 0 Å². The summed E-state index contributed by atoms with van der Waals surface area (Å²) in [4.78, 5) is 11.4. The molecule has 70 valence electrons. The molecule has 1 aromatic rings. The number of hydrogen-bond donors (Lipinski definition) is 1. The summed E-state index contributed by atoms with van der Waals surface area (Å²) in [7, 11) is 0. The smallest absolute Gasteiger partial charge is 0.287 e. The van der Waals surface area contributed by atoms with Gasteiger partial charge < -0.3 is 9.73 Å². The van der Waals surface area contributed by atoms with E-state index >= 15 is 0 Å². The highest BCUT2D eigenvalue weighted by Gasteiger charge is 2.34. The second-order valence-corrected chi connectivity index (χ2v) is 4.18. The van der Waals surface area contributed by atoms with Crippen LogP contribution < -0.4 is 5.32 Å². The predicted octanol–water partition coefficient (Wildman–Crippen LogP) is 2.18. The van der Waals surface area contributed by atoms with Gasteiger partial charge in [0.05, 0.1) is 0 Å². The average Bonchev–Trinajstić information content (AvgIpc) is 2.62. The van der Waals surface area contributed by atoms with E-state index in [-0.39, 0.29) is 5.91 Å². The minimum Gasteiger partial charge on any atom is -0.444 e. The van der Waals surface area contributed by atoms with Crippen molar-refractivity contribution < 1.29 is 9.21 Å². The molecule has 1 amide bonds. The molecule has 0 bridgehead atoms. The van der Waals surface area contributed by atoms with Gasteiger partial charge in [0.2, 0.25) is 0 Å². The van der Waals surface area contributed by atoms with Crippen molar-refractivity contribution in [2.24, 2.45) is 5.92 Å². The maximum atomic E-state index is 11.4. The third kappa shape index (κ3) is 1.94. The van der Waals surface area contributed by atoms with Crippen molar-refractivity contribution in [3.8, 4) is 0 Å². The number of halogens is 1. The van der Waals surface area contributed by atoms with Crippen LogP contribution in [0.3, 0.4) is 0 Å². The number of carbonyl (C=O) groups excluding carboxylic acids is 1. The number of hydrogen-bond acceptors (Lipinski definition) is 2. The van der Waals surface area contributed by atoms with Crippen LogP contribution in [0.1, 0.15) is 23.9 Å². The van der Waals surface area contributed by atoms with Gasteiger partial charge in [-0.15, -0.1) is 0 Å². The zero-order valence-electron chi connectivity index (χ0n) is 7.21. The van der Waals surface area contributed by atoms with Crippen LogP contribution in [0.25, 0.3) is 0 Å². The second kappa shape index (κ2) is 3.18. The number of nitrogens with one attached hydrogen (secondary N) is 1. The lowest BCUT2D eigenvalue weighted by Gasteiger charge is -1.99. The Morgan fingerprint density at radius 2 is 2.38 bits per heavy atom. The molecule has 4 heteroatoms. The van der Waals surface area contributed by atoms with Crippen LogP contribution in [0.5, 0.6) is 0 Å². The van der Waals surface area contributed by atoms with Gasteiger partial charge in [0.25, 0.3) is 5.91 Å². The van der Waals surface area contributed by atoms with Gasteiger partial charge in [-0.3, -0.25) is 4.79 Å². The van der Waals surface area contributed by atoms with Gasteiger partial charge in [0.1, 0.15) is 0 Å². The summed E-state index contributed by atoms with van der Waals surface area (Å²) in [6, 6.07) is 3.72. The Balaban J connectivity index is 1.97. The lowest BCUT2D eigenvalue weighted by atomic mass is 10.4. The summed E-state index contributed by atoms with van der Waals surface area (Å²) < 4.78 is 5.70. The van der Waals surface area contributed by atoms with Gasteiger partial charge in [0, 0.05) is 6.04 Å². The first kappa shape index (κ1) is 8.81. The molecule has 1 saturated carbocycles. The zero-order valence-corrected chi connectivity index (χ0v) is 8.80. The Morgan fingerprint density at radius 1 is 1.69 bits per heavy atom. The maximum Gasteiger partial charge on any atom is 0.287 e. The first-order chi connectivity index (χ1) is 6.16. The first-order valence-electron chi connectivity index (χ1n) is 4.23.